The molecule has 0 radical (unpaired) electrons. The zero-order valence-corrected chi connectivity index (χ0v) is 10.9. The molecule has 1 N–H and O–H groups in total. The molecular weight excluding hydrogens is 242 g/mol. The van der Waals surface area contributed by atoms with Crippen LogP contribution in [0.1, 0.15) is 36.9 Å². The molecule has 1 amide bonds. The highest BCUT2D eigenvalue weighted by Crippen LogP contribution is 2.26. The first-order chi connectivity index (χ1) is 9.08. The van der Waals surface area contributed by atoms with E-state index < -0.39 is 5.97 Å². The van der Waals surface area contributed by atoms with Crippen molar-refractivity contribution >= 4 is 18.0 Å². The number of carboxylic acids is 1. The summed E-state index contributed by atoms with van der Waals surface area (Å²) in [7, 11) is 0. The Morgan fingerprint density at radius 1 is 1.47 bits per heavy atom. The molecule has 1 heterocycles. The Morgan fingerprint density at radius 3 is 2.89 bits per heavy atom. The normalized spacial score (nSPS) is 17.1. The van der Waals surface area contributed by atoms with Gasteiger partial charge in [0.1, 0.15) is 0 Å². The molecule has 0 aliphatic carbocycles. The van der Waals surface area contributed by atoms with Gasteiger partial charge in [0.15, 0.2) is 0 Å². The molecule has 0 saturated carbocycles. The van der Waals surface area contributed by atoms with Gasteiger partial charge in [0.05, 0.1) is 6.04 Å². The highest BCUT2D eigenvalue weighted by atomic mass is 16.4. The average molecular weight is 259 g/mol. The Kier molecular flexibility index (Phi) is 4.00. The van der Waals surface area contributed by atoms with Gasteiger partial charge in [-0.25, -0.2) is 4.79 Å². The van der Waals surface area contributed by atoms with Gasteiger partial charge in [-0.05, 0) is 36.6 Å². The predicted octanol–water partition coefficient (Wildman–Crippen LogP) is 2.47. The van der Waals surface area contributed by atoms with E-state index in [2.05, 4.69) is 0 Å². The minimum absolute atomic E-state index is 0.0354. The number of benzene rings is 1. The molecule has 4 nitrogen and oxygen atoms in total. The van der Waals surface area contributed by atoms with Crippen LogP contribution >= 0.6 is 0 Å². The molecule has 4 heteroatoms. The molecule has 1 aliphatic heterocycles. The van der Waals surface area contributed by atoms with Gasteiger partial charge in [0.25, 0.3) is 0 Å². The average Bonchev–Trinajstić information content (AvgIpc) is 2.82. The number of carbonyl (C=O) groups is 2. The largest absolute Gasteiger partial charge is 0.478 e. The smallest absolute Gasteiger partial charge is 0.328 e. The van der Waals surface area contributed by atoms with Crippen LogP contribution in [0.2, 0.25) is 0 Å². The minimum Gasteiger partial charge on any atom is -0.478 e. The van der Waals surface area contributed by atoms with E-state index in [0.717, 1.165) is 30.2 Å². The molecule has 2 rings (SSSR count). The van der Waals surface area contributed by atoms with Crippen LogP contribution in [0.5, 0.6) is 0 Å². The van der Waals surface area contributed by atoms with Gasteiger partial charge in [0, 0.05) is 19.0 Å². The number of hydrogen-bond donors (Lipinski definition) is 1. The maximum absolute atomic E-state index is 11.7. The maximum Gasteiger partial charge on any atom is 0.328 e. The van der Waals surface area contributed by atoms with Crippen molar-refractivity contribution in [1.82, 2.24) is 4.90 Å². The highest BCUT2D eigenvalue weighted by Gasteiger charge is 2.25. The highest BCUT2D eigenvalue weighted by molar-refractivity contribution is 5.85. The fourth-order valence-electron chi connectivity index (χ4n) is 2.35. The van der Waals surface area contributed by atoms with Crippen molar-refractivity contribution in [2.45, 2.75) is 25.8 Å². The molecule has 1 fully saturated rings. The van der Waals surface area contributed by atoms with Crippen molar-refractivity contribution in [2.24, 2.45) is 0 Å². The van der Waals surface area contributed by atoms with Crippen molar-refractivity contribution in [3.8, 4) is 0 Å². The van der Waals surface area contributed by atoms with Crippen molar-refractivity contribution < 1.29 is 14.7 Å². The summed E-state index contributed by atoms with van der Waals surface area (Å²) in [5.74, 6) is -0.771. The molecule has 100 valence electrons. The number of aliphatic carboxylic acids is 1. The third kappa shape index (κ3) is 3.22. The second-order valence-corrected chi connectivity index (χ2v) is 4.71. The number of nitrogens with zero attached hydrogens (tertiary/aromatic N) is 1. The van der Waals surface area contributed by atoms with Crippen LogP contribution in [0.4, 0.5) is 0 Å². The Hall–Kier alpha value is -2.10. The number of carbonyl (C=O) groups excluding carboxylic acids is 1. The Bertz CT molecular complexity index is 522. The Morgan fingerprint density at radius 2 is 2.26 bits per heavy atom. The molecular formula is C15H17NO3. The van der Waals surface area contributed by atoms with Crippen LogP contribution < -0.4 is 0 Å². The summed E-state index contributed by atoms with van der Waals surface area (Å²) in [6, 6.07) is 7.66. The van der Waals surface area contributed by atoms with Crippen molar-refractivity contribution in [3.63, 3.8) is 0 Å². The van der Waals surface area contributed by atoms with Crippen LogP contribution in [0.25, 0.3) is 6.08 Å². The quantitative estimate of drug-likeness (QED) is 0.845. The molecule has 1 aromatic rings. The number of hydrogen-bond acceptors (Lipinski definition) is 2. The van der Waals surface area contributed by atoms with Crippen LogP contribution in [0, 0.1) is 0 Å². The van der Waals surface area contributed by atoms with E-state index in [1.807, 2.05) is 36.1 Å². The number of likely N-dealkylation sites (tertiary alicyclic amines) is 1. The molecule has 1 atom stereocenters. The fraction of sp³-hybridized carbons (Fsp3) is 0.333. The van der Waals surface area contributed by atoms with E-state index in [1.165, 1.54) is 0 Å². The zero-order valence-electron chi connectivity index (χ0n) is 10.9. The summed E-state index contributed by atoms with van der Waals surface area (Å²) < 4.78 is 0. The topological polar surface area (TPSA) is 57.6 Å². The van der Waals surface area contributed by atoms with Gasteiger partial charge < -0.3 is 10.0 Å². The zero-order chi connectivity index (χ0) is 13.8. The van der Waals surface area contributed by atoms with Crippen molar-refractivity contribution in [1.29, 1.82) is 0 Å². The first-order valence-electron chi connectivity index (χ1n) is 6.38. The van der Waals surface area contributed by atoms with Gasteiger partial charge in [-0.1, -0.05) is 18.2 Å². The van der Waals surface area contributed by atoms with E-state index in [-0.39, 0.29) is 11.9 Å². The monoisotopic (exact) mass is 259 g/mol. The maximum atomic E-state index is 11.7. The van der Waals surface area contributed by atoms with Gasteiger partial charge in [-0.3, -0.25) is 4.79 Å². The van der Waals surface area contributed by atoms with Gasteiger partial charge in [0.2, 0.25) is 5.91 Å². The number of rotatable bonds is 4. The van der Waals surface area contributed by atoms with Gasteiger partial charge in [-0.2, -0.15) is 0 Å². The first-order valence-corrected chi connectivity index (χ1v) is 6.38. The molecule has 0 aromatic heterocycles. The van der Waals surface area contributed by atoms with Crippen molar-refractivity contribution in [3.05, 3.63) is 41.5 Å². The lowest BCUT2D eigenvalue weighted by molar-refractivity contribution is -0.131. The summed E-state index contributed by atoms with van der Waals surface area (Å²) in [6.07, 6.45) is 4.22. The second kappa shape index (κ2) is 5.69. The molecule has 1 aliphatic rings. The minimum atomic E-state index is -0.965. The summed E-state index contributed by atoms with van der Waals surface area (Å²) >= 11 is 0. The van der Waals surface area contributed by atoms with E-state index in [0.29, 0.717) is 6.42 Å². The third-order valence-corrected chi connectivity index (χ3v) is 3.39. The molecule has 1 aromatic carbocycles. The van der Waals surface area contributed by atoms with Crippen LogP contribution in [0.3, 0.4) is 0 Å². The van der Waals surface area contributed by atoms with Crippen LogP contribution in [0.15, 0.2) is 30.3 Å². The van der Waals surface area contributed by atoms with Crippen LogP contribution in [-0.2, 0) is 9.59 Å². The molecule has 1 unspecified atom stereocenters. The molecule has 0 bridgehead atoms. The Labute approximate surface area is 112 Å². The molecule has 0 spiro atoms. The third-order valence-electron chi connectivity index (χ3n) is 3.39. The predicted molar refractivity (Wildman–Crippen MR) is 72.5 cm³/mol. The van der Waals surface area contributed by atoms with Crippen molar-refractivity contribution in [2.75, 3.05) is 6.54 Å². The number of amides is 1. The molecule has 19 heavy (non-hydrogen) atoms. The number of carboxylic acid groups (broad SMARTS) is 1. The summed E-state index contributed by atoms with van der Waals surface area (Å²) in [5.41, 5.74) is 1.86. The SMILES string of the molecule is CC(c1cccc(/C=C/C(=O)O)c1)N1CCCC1=O. The Balaban J connectivity index is 2.18. The standard InChI is InChI=1S/C15H17NO3/c1-11(16-9-3-6-14(16)17)13-5-2-4-12(10-13)7-8-15(18)19/h2,4-5,7-8,10-11H,3,6,9H2,1H3,(H,18,19)/b8-7+. The lowest BCUT2D eigenvalue weighted by atomic mass is 10.0. The summed E-state index contributed by atoms with van der Waals surface area (Å²) in [4.78, 5) is 24.1. The van der Waals surface area contributed by atoms with Gasteiger partial charge in [-0.15, -0.1) is 0 Å². The second-order valence-electron chi connectivity index (χ2n) is 4.71. The first kappa shape index (κ1) is 13.3. The van der Waals surface area contributed by atoms with Gasteiger partial charge >= 0.3 is 5.97 Å². The summed E-state index contributed by atoms with van der Waals surface area (Å²) in [5, 5.41) is 8.62. The fourth-order valence-corrected chi connectivity index (χ4v) is 2.35. The van der Waals surface area contributed by atoms with E-state index in [4.69, 9.17) is 5.11 Å². The lowest BCUT2D eigenvalue weighted by Crippen LogP contribution is -2.27. The summed E-state index contributed by atoms with van der Waals surface area (Å²) in [6.45, 7) is 2.80. The molecule has 1 saturated heterocycles. The van der Waals surface area contributed by atoms with E-state index in [1.54, 1.807) is 6.08 Å². The van der Waals surface area contributed by atoms with E-state index in [9.17, 15) is 9.59 Å². The lowest BCUT2D eigenvalue weighted by Gasteiger charge is -2.24. The van der Waals surface area contributed by atoms with Crippen LogP contribution in [-0.4, -0.2) is 28.4 Å². The van der Waals surface area contributed by atoms with E-state index >= 15 is 0 Å².